The molecule has 150 valence electrons. The van der Waals surface area contributed by atoms with Gasteiger partial charge in [0.05, 0.1) is 6.54 Å². The van der Waals surface area contributed by atoms with Gasteiger partial charge in [-0.05, 0) is 49.2 Å². The molecule has 1 fully saturated rings. The van der Waals surface area contributed by atoms with E-state index >= 15 is 0 Å². The van der Waals surface area contributed by atoms with Gasteiger partial charge >= 0.3 is 18.2 Å². The van der Waals surface area contributed by atoms with Crippen LogP contribution in [-0.2, 0) is 0 Å². The number of amides is 2. The lowest BCUT2D eigenvalue weighted by molar-refractivity contribution is -0.143. The van der Waals surface area contributed by atoms with E-state index in [-0.39, 0.29) is 11.9 Å². The number of alkyl halides is 3. The summed E-state index contributed by atoms with van der Waals surface area (Å²) < 4.78 is 42.7. The number of halogens is 3. The molecule has 7 nitrogen and oxygen atoms in total. The molecule has 1 aromatic carbocycles. The second-order valence-corrected chi connectivity index (χ2v) is 6.50. The normalized spacial score (nSPS) is 17.3. The Bertz CT molecular complexity index is 771. The van der Waals surface area contributed by atoms with Crippen LogP contribution in [0.1, 0.15) is 6.42 Å². The van der Waals surface area contributed by atoms with Gasteiger partial charge in [0.2, 0.25) is 0 Å². The molecule has 2 aromatic rings. The molecular formula is C18H20F3N5O2. The first-order valence-electron chi connectivity index (χ1n) is 8.76. The number of carbonyl (C=O) groups is 1. The van der Waals surface area contributed by atoms with E-state index in [1.54, 1.807) is 42.7 Å². The Morgan fingerprint density at radius 2 is 1.93 bits per heavy atom. The van der Waals surface area contributed by atoms with Gasteiger partial charge < -0.3 is 15.4 Å². The maximum atomic E-state index is 12.4. The fourth-order valence-corrected chi connectivity index (χ4v) is 2.94. The fourth-order valence-electron chi connectivity index (χ4n) is 2.94. The Hall–Kier alpha value is -2.88. The van der Waals surface area contributed by atoms with Crippen LogP contribution in [0.5, 0.6) is 11.8 Å². The number of aromatic nitrogens is 2. The Kier molecular flexibility index (Phi) is 6.30. The standard InChI is InChI=1S/C18H20F3N5O2/c19-18(20,21)12-26-9-6-13(11-26)10-24-16(27)25-14-2-4-15(5-3-14)28-17-22-7-1-8-23-17/h1-5,7-8,13H,6,9-12H2,(H2,24,25,27). The predicted molar refractivity (Wildman–Crippen MR) is 96.2 cm³/mol. The highest BCUT2D eigenvalue weighted by Gasteiger charge is 2.34. The third kappa shape index (κ3) is 6.38. The number of hydrogen-bond donors (Lipinski definition) is 2. The van der Waals surface area contributed by atoms with Gasteiger partial charge in [0.1, 0.15) is 5.75 Å². The fraction of sp³-hybridized carbons (Fsp3) is 0.389. The summed E-state index contributed by atoms with van der Waals surface area (Å²) in [5, 5.41) is 5.38. The van der Waals surface area contributed by atoms with Crippen LogP contribution < -0.4 is 15.4 Å². The van der Waals surface area contributed by atoms with Crippen LogP contribution in [0.3, 0.4) is 0 Å². The van der Waals surface area contributed by atoms with Crippen molar-refractivity contribution >= 4 is 11.7 Å². The molecule has 10 heteroatoms. The van der Waals surface area contributed by atoms with Crippen LogP contribution in [0, 0.1) is 5.92 Å². The molecule has 0 radical (unpaired) electrons. The molecular weight excluding hydrogens is 375 g/mol. The summed E-state index contributed by atoms with van der Waals surface area (Å²) in [6.07, 6.45) is -0.434. The van der Waals surface area contributed by atoms with Crippen molar-refractivity contribution in [3.8, 4) is 11.8 Å². The summed E-state index contributed by atoms with van der Waals surface area (Å²) in [7, 11) is 0. The van der Waals surface area contributed by atoms with E-state index in [1.807, 2.05) is 0 Å². The number of ether oxygens (including phenoxy) is 1. The van der Waals surface area contributed by atoms with Crippen molar-refractivity contribution in [2.45, 2.75) is 12.6 Å². The second kappa shape index (κ2) is 8.87. The lowest BCUT2D eigenvalue weighted by Crippen LogP contribution is -2.36. The number of nitrogens with zero attached hydrogens (tertiary/aromatic N) is 3. The van der Waals surface area contributed by atoms with Gasteiger partial charge in [-0.3, -0.25) is 4.90 Å². The molecule has 2 N–H and O–H groups in total. The first kappa shape index (κ1) is 19.9. The number of carbonyl (C=O) groups excluding carboxylic acids is 1. The largest absolute Gasteiger partial charge is 0.424 e. The first-order valence-corrected chi connectivity index (χ1v) is 8.76. The molecule has 0 saturated carbocycles. The molecule has 1 atom stereocenters. The lowest BCUT2D eigenvalue weighted by Gasteiger charge is -2.18. The smallest absolute Gasteiger partial charge is 0.401 e. The molecule has 1 aliphatic rings. The minimum absolute atomic E-state index is 0.00903. The summed E-state index contributed by atoms with van der Waals surface area (Å²) in [6.45, 7) is 0.137. The summed E-state index contributed by atoms with van der Waals surface area (Å²) in [5.74, 6) is 0.530. The predicted octanol–water partition coefficient (Wildman–Crippen LogP) is 3.27. The van der Waals surface area contributed by atoms with Gasteiger partial charge in [-0.1, -0.05) is 0 Å². The molecule has 2 amide bonds. The van der Waals surface area contributed by atoms with E-state index in [0.717, 1.165) is 0 Å². The number of rotatable bonds is 6. The molecule has 1 unspecified atom stereocenters. The summed E-state index contributed by atoms with van der Waals surface area (Å²) in [5.41, 5.74) is 0.559. The van der Waals surface area contributed by atoms with Crippen LogP contribution in [-0.4, -0.2) is 53.3 Å². The van der Waals surface area contributed by atoms with E-state index < -0.39 is 18.8 Å². The number of benzene rings is 1. The molecule has 0 spiro atoms. The van der Waals surface area contributed by atoms with Crippen LogP contribution in [0.15, 0.2) is 42.7 Å². The van der Waals surface area contributed by atoms with Gasteiger partial charge in [0.25, 0.3) is 0 Å². The van der Waals surface area contributed by atoms with E-state index in [0.29, 0.717) is 37.5 Å². The van der Waals surface area contributed by atoms with E-state index in [9.17, 15) is 18.0 Å². The zero-order valence-electron chi connectivity index (χ0n) is 14.9. The van der Waals surface area contributed by atoms with E-state index in [4.69, 9.17) is 4.74 Å². The lowest BCUT2D eigenvalue weighted by atomic mass is 10.1. The Labute approximate surface area is 159 Å². The van der Waals surface area contributed by atoms with Crippen LogP contribution in [0.25, 0.3) is 0 Å². The third-order valence-corrected chi connectivity index (χ3v) is 4.19. The first-order chi connectivity index (χ1) is 13.4. The number of urea groups is 1. The summed E-state index contributed by atoms with van der Waals surface area (Å²) in [6, 6.07) is 8.15. The van der Waals surface area contributed by atoms with Gasteiger partial charge in [-0.25, -0.2) is 14.8 Å². The number of anilines is 1. The number of hydrogen-bond acceptors (Lipinski definition) is 5. The molecule has 0 bridgehead atoms. The SMILES string of the molecule is O=C(NCC1CCN(CC(F)(F)F)C1)Nc1ccc(Oc2ncccn2)cc1. The van der Waals surface area contributed by atoms with Gasteiger partial charge in [-0.15, -0.1) is 0 Å². The maximum absolute atomic E-state index is 12.4. The number of nitrogens with one attached hydrogen (secondary N) is 2. The molecule has 3 rings (SSSR count). The summed E-state index contributed by atoms with van der Waals surface area (Å²) in [4.78, 5) is 21.3. The van der Waals surface area contributed by atoms with Crippen molar-refractivity contribution in [3.63, 3.8) is 0 Å². The van der Waals surface area contributed by atoms with Gasteiger partial charge in [0.15, 0.2) is 0 Å². The van der Waals surface area contributed by atoms with Gasteiger partial charge in [0, 0.05) is 31.2 Å². The Morgan fingerprint density at radius 3 is 2.61 bits per heavy atom. The van der Waals surface area contributed by atoms with E-state index in [2.05, 4.69) is 20.6 Å². The van der Waals surface area contributed by atoms with Crippen molar-refractivity contribution in [2.24, 2.45) is 5.92 Å². The van der Waals surface area contributed by atoms with Crippen molar-refractivity contribution in [1.29, 1.82) is 0 Å². The minimum Gasteiger partial charge on any atom is -0.424 e. The van der Waals surface area contributed by atoms with Crippen molar-refractivity contribution in [1.82, 2.24) is 20.2 Å². The molecule has 28 heavy (non-hydrogen) atoms. The van der Waals surface area contributed by atoms with E-state index in [1.165, 1.54) is 4.90 Å². The Balaban J connectivity index is 1.40. The highest BCUT2D eigenvalue weighted by molar-refractivity contribution is 5.89. The van der Waals surface area contributed by atoms with Crippen molar-refractivity contribution in [3.05, 3.63) is 42.7 Å². The highest BCUT2D eigenvalue weighted by Crippen LogP contribution is 2.23. The van der Waals surface area contributed by atoms with Crippen LogP contribution in [0.4, 0.5) is 23.7 Å². The Morgan fingerprint density at radius 1 is 1.21 bits per heavy atom. The molecule has 1 aromatic heterocycles. The second-order valence-electron chi connectivity index (χ2n) is 6.50. The minimum atomic E-state index is -4.19. The third-order valence-electron chi connectivity index (χ3n) is 4.19. The average molecular weight is 395 g/mol. The van der Waals surface area contributed by atoms with Crippen molar-refractivity contribution < 1.29 is 22.7 Å². The summed E-state index contributed by atoms with van der Waals surface area (Å²) >= 11 is 0. The molecule has 0 aliphatic carbocycles. The molecule has 1 aliphatic heterocycles. The monoisotopic (exact) mass is 395 g/mol. The van der Waals surface area contributed by atoms with Crippen molar-refractivity contribution in [2.75, 3.05) is 31.5 Å². The maximum Gasteiger partial charge on any atom is 0.401 e. The molecule has 1 saturated heterocycles. The quantitative estimate of drug-likeness (QED) is 0.785. The zero-order valence-corrected chi connectivity index (χ0v) is 14.9. The topological polar surface area (TPSA) is 79.4 Å². The zero-order chi connectivity index (χ0) is 20.0. The highest BCUT2D eigenvalue weighted by atomic mass is 19.4. The average Bonchev–Trinajstić information content (AvgIpc) is 3.08. The van der Waals surface area contributed by atoms with Gasteiger partial charge in [-0.2, -0.15) is 13.2 Å². The van der Waals surface area contributed by atoms with Crippen LogP contribution in [0.2, 0.25) is 0 Å². The number of likely N-dealkylation sites (tertiary alicyclic amines) is 1. The molecule has 2 heterocycles. The van der Waals surface area contributed by atoms with Crippen LogP contribution >= 0.6 is 0 Å².